The SMILES string of the molecule is C=C(C)C[CH2-].O=P(O)(O)OP(=O)(O)O.[Li+]. The van der Waals surface area contributed by atoms with Crippen molar-refractivity contribution >= 4 is 15.6 Å². The van der Waals surface area contributed by atoms with E-state index in [1.165, 1.54) is 0 Å². The molecular weight excluding hydrogens is 241 g/mol. The van der Waals surface area contributed by atoms with Crippen LogP contribution in [0.1, 0.15) is 13.3 Å². The minimum Gasteiger partial charge on any atom is -0.339 e. The molecule has 0 spiro atoms. The Balaban J connectivity index is -0.000000208. The van der Waals surface area contributed by atoms with Gasteiger partial charge in [-0.2, -0.15) is 10.7 Å². The first kappa shape index (κ1) is 20.9. The number of hydrogen-bond acceptors (Lipinski definition) is 3. The van der Waals surface area contributed by atoms with Crippen molar-refractivity contribution in [1.29, 1.82) is 0 Å². The molecule has 0 radical (unpaired) electrons. The number of hydrogen-bond donors (Lipinski definition) is 4. The standard InChI is InChI=1S/C5H9.Li.H4O7P2/c1-4-5(2)3;;1-8(2,3)7-9(4,5)6/h1-2,4H2,3H3;;(H2,1,2,3)(H2,4,5,6)/q-1;+1;. The van der Waals surface area contributed by atoms with Gasteiger partial charge in [-0.05, 0) is 6.92 Å². The maximum absolute atomic E-state index is 9.63. The Morgan fingerprint density at radius 1 is 1.27 bits per heavy atom. The topological polar surface area (TPSA) is 124 Å². The van der Waals surface area contributed by atoms with Gasteiger partial charge in [0.05, 0.1) is 0 Å². The van der Waals surface area contributed by atoms with Crippen molar-refractivity contribution < 1.29 is 51.9 Å². The van der Waals surface area contributed by atoms with E-state index in [0.29, 0.717) is 0 Å². The minimum atomic E-state index is -5.05. The molecule has 10 heteroatoms. The normalized spacial score (nSPS) is 10.8. The first-order valence-electron chi connectivity index (χ1n) is 3.24. The van der Waals surface area contributed by atoms with E-state index in [9.17, 15) is 9.13 Å². The van der Waals surface area contributed by atoms with Crippen LogP contribution in [0.2, 0.25) is 0 Å². The second-order valence-electron chi connectivity index (χ2n) is 2.27. The van der Waals surface area contributed by atoms with Crippen molar-refractivity contribution in [3.8, 4) is 0 Å². The first-order valence-corrected chi connectivity index (χ1v) is 6.30. The van der Waals surface area contributed by atoms with Crippen LogP contribution in [0.15, 0.2) is 12.2 Å². The zero-order valence-electron chi connectivity index (χ0n) is 8.53. The Labute approximate surface area is 100 Å². The third-order valence-corrected chi connectivity index (χ3v) is 2.34. The Morgan fingerprint density at radius 3 is 1.47 bits per heavy atom. The number of rotatable bonds is 3. The van der Waals surface area contributed by atoms with Gasteiger partial charge in [0.2, 0.25) is 0 Å². The molecule has 0 rings (SSSR count). The van der Waals surface area contributed by atoms with Gasteiger partial charge in [-0.1, -0.05) is 0 Å². The fourth-order valence-corrected chi connectivity index (χ4v) is 1.25. The van der Waals surface area contributed by atoms with E-state index in [1.54, 1.807) is 0 Å². The molecule has 0 aliphatic heterocycles. The molecular formula is C5H13LiO7P2. The third kappa shape index (κ3) is 31.3. The van der Waals surface area contributed by atoms with Crippen molar-refractivity contribution in [2.45, 2.75) is 13.3 Å². The van der Waals surface area contributed by atoms with Crippen LogP contribution in [0.3, 0.4) is 0 Å². The van der Waals surface area contributed by atoms with Crippen LogP contribution in [0.4, 0.5) is 0 Å². The number of phosphoric acid groups is 2. The van der Waals surface area contributed by atoms with Crippen molar-refractivity contribution in [2.24, 2.45) is 0 Å². The average molecular weight is 254 g/mol. The van der Waals surface area contributed by atoms with Crippen LogP contribution in [0.5, 0.6) is 0 Å². The molecule has 0 unspecified atom stereocenters. The fraction of sp³-hybridized carbons (Fsp3) is 0.400. The zero-order chi connectivity index (χ0) is 12.0. The summed E-state index contributed by atoms with van der Waals surface area (Å²) in [5.41, 5.74) is 1.14. The predicted octanol–water partition coefficient (Wildman–Crippen LogP) is -2.02. The van der Waals surface area contributed by atoms with E-state index in [-0.39, 0.29) is 18.9 Å². The second-order valence-corrected chi connectivity index (χ2v) is 4.89. The van der Waals surface area contributed by atoms with Gasteiger partial charge in [0.1, 0.15) is 0 Å². The van der Waals surface area contributed by atoms with Gasteiger partial charge in [0.25, 0.3) is 0 Å². The molecule has 0 aromatic heterocycles. The van der Waals surface area contributed by atoms with Gasteiger partial charge in [-0.3, -0.25) is 0 Å². The smallest absolute Gasteiger partial charge is 0.339 e. The molecule has 0 fully saturated rings. The molecule has 0 aromatic carbocycles. The summed E-state index contributed by atoms with van der Waals surface area (Å²) in [5, 5.41) is 0. The minimum absolute atomic E-state index is 0. The third-order valence-electron chi connectivity index (χ3n) is 0.640. The molecule has 0 aliphatic carbocycles. The average Bonchev–Trinajstić information content (AvgIpc) is 1.80. The van der Waals surface area contributed by atoms with Crippen molar-refractivity contribution in [2.75, 3.05) is 0 Å². The zero-order valence-corrected chi connectivity index (χ0v) is 10.3. The summed E-state index contributed by atoms with van der Waals surface area (Å²) in [5.74, 6) is 0. The summed E-state index contributed by atoms with van der Waals surface area (Å²) in [6.07, 6.45) is 0.861. The quantitative estimate of drug-likeness (QED) is 0.198. The molecule has 15 heavy (non-hydrogen) atoms. The summed E-state index contributed by atoms with van der Waals surface area (Å²) in [6, 6.07) is 0. The molecule has 0 saturated carbocycles. The molecule has 0 saturated heterocycles. The summed E-state index contributed by atoms with van der Waals surface area (Å²) in [7, 11) is -10.1. The van der Waals surface area contributed by atoms with Crippen LogP contribution >= 0.6 is 15.6 Å². The predicted molar refractivity (Wildman–Crippen MR) is 50.0 cm³/mol. The summed E-state index contributed by atoms with van der Waals surface area (Å²) in [4.78, 5) is 31.0. The van der Waals surface area contributed by atoms with E-state index in [2.05, 4.69) is 17.8 Å². The second kappa shape index (κ2) is 8.72. The summed E-state index contributed by atoms with van der Waals surface area (Å²) >= 11 is 0. The Hall–Kier alpha value is 0.597. The van der Waals surface area contributed by atoms with E-state index in [1.807, 2.05) is 6.92 Å². The van der Waals surface area contributed by atoms with E-state index in [4.69, 9.17) is 19.6 Å². The molecule has 0 bridgehead atoms. The molecule has 0 aromatic rings. The van der Waals surface area contributed by atoms with E-state index in [0.717, 1.165) is 12.0 Å². The van der Waals surface area contributed by atoms with Crippen LogP contribution < -0.4 is 18.9 Å². The van der Waals surface area contributed by atoms with Crippen LogP contribution in [-0.4, -0.2) is 19.6 Å². The van der Waals surface area contributed by atoms with Gasteiger partial charge in [0.15, 0.2) is 0 Å². The van der Waals surface area contributed by atoms with Crippen LogP contribution in [-0.2, 0) is 13.4 Å². The molecule has 0 heterocycles. The maximum atomic E-state index is 9.63. The van der Waals surface area contributed by atoms with Crippen LogP contribution in [0.25, 0.3) is 0 Å². The first-order chi connectivity index (χ1) is 5.98. The van der Waals surface area contributed by atoms with Gasteiger partial charge >= 0.3 is 34.5 Å². The van der Waals surface area contributed by atoms with Gasteiger partial charge in [-0.15, -0.1) is 12.2 Å². The monoisotopic (exact) mass is 254 g/mol. The summed E-state index contributed by atoms with van der Waals surface area (Å²) in [6.45, 7) is 9.16. The van der Waals surface area contributed by atoms with Gasteiger partial charge < -0.3 is 26.5 Å². The molecule has 0 atom stereocenters. The Bertz CT molecular complexity index is 247. The van der Waals surface area contributed by atoms with Crippen molar-refractivity contribution in [3.05, 3.63) is 19.1 Å². The van der Waals surface area contributed by atoms with Crippen molar-refractivity contribution in [1.82, 2.24) is 0 Å². The largest absolute Gasteiger partial charge is 1.00 e. The van der Waals surface area contributed by atoms with Crippen LogP contribution in [0, 0.1) is 6.92 Å². The Morgan fingerprint density at radius 2 is 1.47 bits per heavy atom. The van der Waals surface area contributed by atoms with Gasteiger partial charge in [0, 0.05) is 0 Å². The van der Waals surface area contributed by atoms with Gasteiger partial charge in [-0.25, -0.2) is 9.13 Å². The molecule has 86 valence electrons. The summed E-state index contributed by atoms with van der Waals surface area (Å²) < 4.78 is 22.2. The maximum Gasteiger partial charge on any atom is 1.00 e. The van der Waals surface area contributed by atoms with Crippen molar-refractivity contribution in [3.63, 3.8) is 0 Å². The Kier molecular flexibility index (Phi) is 12.2. The fourth-order valence-electron chi connectivity index (χ4n) is 0.139. The molecule has 7 nitrogen and oxygen atoms in total. The molecule has 0 amide bonds. The molecule has 0 aliphatic rings. The molecule has 4 N–H and O–H groups in total. The number of allylic oxidation sites excluding steroid dienone is 1. The van der Waals surface area contributed by atoms with E-state index >= 15 is 0 Å². The van der Waals surface area contributed by atoms with E-state index < -0.39 is 15.6 Å².